The van der Waals surface area contributed by atoms with Crippen molar-refractivity contribution < 1.29 is 27.2 Å². The quantitative estimate of drug-likeness (QED) is 0.371. The summed E-state index contributed by atoms with van der Waals surface area (Å²) in [5.74, 6) is 0.517. The molecule has 0 saturated heterocycles. The van der Waals surface area contributed by atoms with Crippen LogP contribution in [0.3, 0.4) is 0 Å². The maximum atomic E-state index is 12.7. The van der Waals surface area contributed by atoms with E-state index in [1.165, 1.54) is 43.5 Å². The average molecular weight is 455 g/mol. The molecule has 10 heteroatoms. The first kappa shape index (κ1) is 22.6. The molecular weight excluding hydrogens is 434 g/mol. The van der Waals surface area contributed by atoms with Crippen LogP contribution in [0.5, 0.6) is 5.75 Å². The number of carbonyl (C=O) groups is 2. The van der Waals surface area contributed by atoms with Gasteiger partial charge in [-0.1, -0.05) is 6.07 Å². The van der Waals surface area contributed by atoms with E-state index in [2.05, 4.69) is 15.6 Å². The molecule has 3 rings (SSSR count). The summed E-state index contributed by atoms with van der Waals surface area (Å²) in [7, 11) is -2.43. The lowest BCUT2D eigenvalue weighted by atomic mass is 10.2. The van der Waals surface area contributed by atoms with Gasteiger partial charge in [0.25, 0.3) is 21.8 Å². The van der Waals surface area contributed by atoms with Crippen LogP contribution in [-0.2, 0) is 14.8 Å². The molecular formula is C22H21N3O6S. The first-order chi connectivity index (χ1) is 15.3. The van der Waals surface area contributed by atoms with Gasteiger partial charge >= 0.3 is 0 Å². The Kier molecular flexibility index (Phi) is 6.96. The van der Waals surface area contributed by atoms with Gasteiger partial charge in [-0.15, -0.1) is 0 Å². The number of aryl methyl sites for hydroxylation is 1. The monoisotopic (exact) mass is 455 g/mol. The first-order valence-corrected chi connectivity index (χ1v) is 10.9. The van der Waals surface area contributed by atoms with Gasteiger partial charge in [0.05, 0.1) is 12.0 Å². The van der Waals surface area contributed by atoms with Gasteiger partial charge < -0.3 is 9.15 Å². The third-order valence-electron chi connectivity index (χ3n) is 4.21. The second kappa shape index (κ2) is 9.84. The molecule has 1 aromatic heterocycles. The van der Waals surface area contributed by atoms with Crippen LogP contribution in [0, 0.1) is 6.92 Å². The van der Waals surface area contributed by atoms with E-state index >= 15 is 0 Å². The van der Waals surface area contributed by atoms with Crippen molar-refractivity contribution in [1.82, 2.24) is 10.9 Å². The van der Waals surface area contributed by atoms with Crippen LogP contribution in [-0.4, -0.2) is 27.3 Å². The van der Waals surface area contributed by atoms with Gasteiger partial charge in [-0.05, 0) is 67.6 Å². The van der Waals surface area contributed by atoms with E-state index in [4.69, 9.17) is 9.15 Å². The van der Waals surface area contributed by atoms with Crippen LogP contribution in [0.2, 0.25) is 0 Å². The standard InChI is InChI=1S/C22H21N3O6S/c1-15-6-9-19(31-15)12-13-21(26)23-24-22(27)16-4-3-5-20(14-16)32(28,29)25-17-7-10-18(30-2)11-8-17/h3-14,25H,1-2H3,(H,23,26)(H,24,27)/b13-12+. The van der Waals surface area contributed by atoms with Gasteiger partial charge in [-0.25, -0.2) is 8.42 Å². The lowest BCUT2D eigenvalue weighted by molar-refractivity contribution is -0.117. The molecule has 0 aliphatic heterocycles. The van der Waals surface area contributed by atoms with Crippen LogP contribution in [0.4, 0.5) is 5.69 Å². The minimum Gasteiger partial charge on any atom is -0.497 e. The Morgan fingerprint density at radius 3 is 2.41 bits per heavy atom. The number of benzene rings is 2. The highest BCUT2D eigenvalue weighted by Crippen LogP contribution is 2.20. The zero-order valence-corrected chi connectivity index (χ0v) is 18.1. The van der Waals surface area contributed by atoms with Gasteiger partial charge in [0, 0.05) is 17.3 Å². The minimum atomic E-state index is -3.94. The Morgan fingerprint density at radius 1 is 1.00 bits per heavy atom. The summed E-state index contributed by atoms with van der Waals surface area (Å²) >= 11 is 0. The second-order valence-electron chi connectivity index (χ2n) is 6.59. The Bertz CT molecular complexity index is 1250. The zero-order valence-electron chi connectivity index (χ0n) is 17.3. The Hall–Kier alpha value is -4.05. The zero-order chi connectivity index (χ0) is 23.1. The van der Waals surface area contributed by atoms with E-state index in [9.17, 15) is 18.0 Å². The molecule has 0 bridgehead atoms. The molecule has 32 heavy (non-hydrogen) atoms. The molecule has 0 fully saturated rings. The lowest BCUT2D eigenvalue weighted by Crippen LogP contribution is -2.40. The van der Waals surface area contributed by atoms with Crippen molar-refractivity contribution in [3.8, 4) is 5.75 Å². The predicted molar refractivity (Wildman–Crippen MR) is 118 cm³/mol. The van der Waals surface area contributed by atoms with Crippen molar-refractivity contribution in [2.75, 3.05) is 11.8 Å². The van der Waals surface area contributed by atoms with E-state index < -0.39 is 21.8 Å². The van der Waals surface area contributed by atoms with Crippen molar-refractivity contribution in [2.45, 2.75) is 11.8 Å². The number of rotatable bonds is 7. The van der Waals surface area contributed by atoms with Crippen LogP contribution in [0.25, 0.3) is 6.08 Å². The van der Waals surface area contributed by atoms with Crippen molar-refractivity contribution in [3.63, 3.8) is 0 Å². The first-order valence-electron chi connectivity index (χ1n) is 9.38. The van der Waals surface area contributed by atoms with Crippen molar-refractivity contribution in [2.24, 2.45) is 0 Å². The Balaban J connectivity index is 1.63. The number of nitrogens with one attached hydrogen (secondary N) is 3. The maximum absolute atomic E-state index is 12.7. The number of carbonyl (C=O) groups excluding carboxylic acids is 2. The third kappa shape index (κ3) is 5.99. The molecule has 0 unspecified atom stereocenters. The molecule has 2 amide bonds. The van der Waals surface area contributed by atoms with E-state index in [0.29, 0.717) is 23.0 Å². The lowest BCUT2D eigenvalue weighted by Gasteiger charge is -2.10. The number of ether oxygens (including phenoxy) is 1. The molecule has 0 atom stereocenters. The Labute approximate surface area is 185 Å². The number of methoxy groups -OCH3 is 1. The van der Waals surface area contributed by atoms with Gasteiger partial charge in [-0.3, -0.25) is 25.2 Å². The van der Waals surface area contributed by atoms with E-state index in [1.807, 2.05) is 0 Å². The minimum absolute atomic E-state index is 0.0496. The molecule has 3 N–H and O–H groups in total. The van der Waals surface area contributed by atoms with Gasteiger partial charge in [0.15, 0.2) is 0 Å². The molecule has 0 aliphatic carbocycles. The smallest absolute Gasteiger partial charge is 0.269 e. The topological polar surface area (TPSA) is 127 Å². The highest BCUT2D eigenvalue weighted by atomic mass is 32.2. The normalized spacial score (nSPS) is 11.2. The number of hydrogen-bond donors (Lipinski definition) is 3. The number of hydrogen-bond acceptors (Lipinski definition) is 6. The molecule has 0 radical (unpaired) electrons. The molecule has 9 nitrogen and oxygen atoms in total. The summed E-state index contributed by atoms with van der Waals surface area (Å²) in [4.78, 5) is 24.1. The number of hydrazine groups is 1. The molecule has 0 spiro atoms. The van der Waals surface area contributed by atoms with Crippen LogP contribution >= 0.6 is 0 Å². The van der Waals surface area contributed by atoms with Crippen LogP contribution in [0.15, 0.2) is 76.1 Å². The fourth-order valence-electron chi connectivity index (χ4n) is 2.61. The van der Waals surface area contributed by atoms with Gasteiger partial charge in [0.1, 0.15) is 17.3 Å². The fourth-order valence-corrected chi connectivity index (χ4v) is 3.71. The largest absolute Gasteiger partial charge is 0.497 e. The van der Waals surface area contributed by atoms with Gasteiger partial charge in [0.2, 0.25) is 0 Å². The van der Waals surface area contributed by atoms with Gasteiger partial charge in [-0.2, -0.15) is 0 Å². The fraction of sp³-hybridized carbons (Fsp3) is 0.0909. The molecule has 2 aromatic carbocycles. The average Bonchev–Trinajstić information content (AvgIpc) is 3.21. The predicted octanol–water partition coefficient (Wildman–Crippen LogP) is 2.87. The summed E-state index contributed by atoms with van der Waals surface area (Å²) in [6, 6.07) is 15.2. The Morgan fingerprint density at radius 2 is 1.75 bits per heavy atom. The van der Waals surface area contributed by atoms with E-state index in [-0.39, 0.29) is 10.5 Å². The summed E-state index contributed by atoms with van der Waals surface area (Å²) < 4.78 is 38.1. The van der Waals surface area contributed by atoms with Crippen molar-refractivity contribution in [3.05, 3.63) is 83.8 Å². The summed E-state index contributed by atoms with van der Waals surface area (Å²) in [5, 5.41) is 0. The molecule has 0 saturated carbocycles. The van der Waals surface area contributed by atoms with E-state index in [1.54, 1.807) is 43.3 Å². The number of sulfonamides is 1. The third-order valence-corrected chi connectivity index (χ3v) is 5.59. The highest BCUT2D eigenvalue weighted by molar-refractivity contribution is 7.92. The van der Waals surface area contributed by atoms with Crippen molar-refractivity contribution >= 4 is 33.6 Å². The number of amides is 2. The summed E-state index contributed by atoms with van der Waals surface area (Å²) in [6.07, 6.45) is 2.64. The number of anilines is 1. The molecule has 0 aliphatic rings. The van der Waals surface area contributed by atoms with Crippen molar-refractivity contribution in [1.29, 1.82) is 0 Å². The molecule has 1 heterocycles. The molecule has 166 valence electrons. The number of furan rings is 1. The van der Waals surface area contributed by atoms with Crippen LogP contribution < -0.4 is 20.3 Å². The highest BCUT2D eigenvalue weighted by Gasteiger charge is 2.17. The molecule has 3 aromatic rings. The summed E-state index contributed by atoms with van der Waals surface area (Å²) in [5.41, 5.74) is 4.84. The van der Waals surface area contributed by atoms with E-state index in [0.717, 1.165) is 0 Å². The second-order valence-corrected chi connectivity index (χ2v) is 8.27. The maximum Gasteiger partial charge on any atom is 0.269 e. The SMILES string of the molecule is COc1ccc(NS(=O)(=O)c2cccc(C(=O)NNC(=O)/C=C/c3ccc(C)o3)c2)cc1. The summed E-state index contributed by atoms with van der Waals surface area (Å²) in [6.45, 7) is 1.78. The van der Waals surface area contributed by atoms with Crippen LogP contribution in [0.1, 0.15) is 21.9 Å².